The van der Waals surface area contributed by atoms with Crippen LogP contribution in [-0.4, -0.2) is 30.8 Å². The zero-order valence-corrected chi connectivity index (χ0v) is 15.7. The van der Waals surface area contributed by atoms with Crippen molar-refractivity contribution in [3.05, 3.63) is 64.2 Å². The van der Waals surface area contributed by atoms with Gasteiger partial charge in [0.15, 0.2) is 17.3 Å². The molecule has 152 valence electrons. The lowest BCUT2D eigenvalue weighted by Crippen LogP contribution is -2.25. The second-order valence-corrected chi connectivity index (χ2v) is 5.73. The molecule has 3 aromatic rings. The molecule has 0 radical (unpaired) electrons. The SMILES string of the molecule is CNc1nc(Oc2ccc(OC)c(F)c2F)n(-c2ccc(F)cc2)c(=O)c1NC. The van der Waals surface area contributed by atoms with E-state index in [1.807, 2.05) is 0 Å². The van der Waals surface area contributed by atoms with Crippen molar-refractivity contribution in [2.75, 3.05) is 31.8 Å². The lowest BCUT2D eigenvalue weighted by Gasteiger charge is -2.17. The Labute approximate surface area is 163 Å². The highest BCUT2D eigenvalue weighted by molar-refractivity contribution is 5.64. The molecule has 7 nitrogen and oxygen atoms in total. The summed E-state index contributed by atoms with van der Waals surface area (Å²) in [6.45, 7) is 0. The summed E-state index contributed by atoms with van der Waals surface area (Å²) < 4.78 is 52.9. The highest BCUT2D eigenvalue weighted by Gasteiger charge is 2.21. The Kier molecular flexibility index (Phi) is 5.62. The Hall–Kier alpha value is -3.69. The number of nitrogens with zero attached hydrogens (tertiary/aromatic N) is 2. The molecule has 0 spiro atoms. The second kappa shape index (κ2) is 8.13. The number of benzene rings is 2. The third-order valence-corrected chi connectivity index (χ3v) is 4.06. The fourth-order valence-corrected chi connectivity index (χ4v) is 2.64. The largest absolute Gasteiger partial charge is 0.494 e. The molecule has 2 aromatic carbocycles. The molecular formula is C19H17F3N4O3. The van der Waals surface area contributed by atoms with E-state index < -0.39 is 28.8 Å². The summed E-state index contributed by atoms with van der Waals surface area (Å²) in [5.41, 5.74) is -0.277. The summed E-state index contributed by atoms with van der Waals surface area (Å²) in [5, 5.41) is 5.46. The van der Waals surface area contributed by atoms with Gasteiger partial charge in [-0.25, -0.2) is 8.96 Å². The van der Waals surface area contributed by atoms with Crippen LogP contribution in [0.25, 0.3) is 5.69 Å². The van der Waals surface area contributed by atoms with Crippen LogP contribution < -0.4 is 25.7 Å². The van der Waals surface area contributed by atoms with Crippen LogP contribution in [0.2, 0.25) is 0 Å². The van der Waals surface area contributed by atoms with Gasteiger partial charge in [0.2, 0.25) is 11.6 Å². The molecule has 1 heterocycles. The molecule has 0 aliphatic rings. The third-order valence-electron chi connectivity index (χ3n) is 4.06. The summed E-state index contributed by atoms with van der Waals surface area (Å²) >= 11 is 0. The van der Waals surface area contributed by atoms with E-state index in [1.165, 1.54) is 39.4 Å². The van der Waals surface area contributed by atoms with Gasteiger partial charge in [0.05, 0.1) is 12.8 Å². The quantitative estimate of drug-likeness (QED) is 0.652. The van der Waals surface area contributed by atoms with Crippen molar-refractivity contribution in [1.29, 1.82) is 0 Å². The van der Waals surface area contributed by atoms with Crippen molar-refractivity contribution in [2.45, 2.75) is 0 Å². The monoisotopic (exact) mass is 406 g/mol. The number of aromatic nitrogens is 2. The van der Waals surface area contributed by atoms with Crippen LogP contribution in [-0.2, 0) is 0 Å². The number of nitrogens with one attached hydrogen (secondary N) is 2. The Morgan fingerprint density at radius 3 is 2.14 bits per heavy atom. The molecule has 0 bridgehead atoms. The van der Waals surface area contributed by atoms with Crippen LogP contribution >= 0.6 is 0 Å². The smallest absolute Gasteiger partial charge is 0.311 e. The molecular weight excluding hydrogens is 389 g/mol. The number of hydrogen-bond acceptors (Lipinski definition) is 6. The molecule has 1 aromatic heterocycles. The van der Waals surface area contributed by atoms with Crippen LogP contribution in [0.1, 0.15) is 0 Å². The Bertz CT molecular complexity index is 1100. The van der Waals surface area contributed by atoms with Crippen molar-refractivity contribution in [3.63, 3.8) is 0 Å². The van der Waals surface area contributed by atoms with Gasteiger partial charge < -0.3 is 20.1 Å². The molecule has 29 heavy (non-hydrogen) atoms. The predicted octanol–water partition coefficient (Wildman–Crippen LogP) is 3.53. The molecule has 0 atom stereocenters. The van der Waals surface area contributed by atoms with Crippen molar-refractivity contribution in [3.8, 4) is 23.2 Å². The predicted molar refractivity (Wildman–Crippen MR) is 102 cm³/mol. The summed E-state index contributed by atoms with van der Waals surface area (Å²) in [6.07, 6.45) is 0. The van der Waals surface area contributed by atoms with Crippen LogP contribution in [0.5, 0.6) is 17.5 Å². The van der Waals surface area contributed by atoms with Gasteiger partial charge in [-0.1, -0.05) is 0 Å². The van der Waals surface area contributed by atoms with Crippen LogP contribution in [0.3, 0.4) is 0 Å². The van der Waals surface area contributed by atoms with Gasteiger partial charge in [-0.05, 0) is 36.4 Å². The molecule has 0 fully saturated rings. The van der Waals surface area contributed by atoms with E-state index in [1.54, 1.807) is 0 Å². The average molecular weight is 406 g/mol. The maximum atomic E-state index is 14.4. The summed E-state index contributed by atoms with van der Waals surface area (Å²) in [6, 6.07) is 6.91. The van der Waals surface area contributed by atoms with Crippen molar-refractivity contribution >= 4 is 11.5 Å². The fraction of sp³-hybridized carbons (Fsp3) is 0.158. The first kappa shape index (κ1) is 20.1. The number of rotatable bonds is 6. The maximum absolute atomic E-state index is 14.4. The van der Waals surface area contributed by atoms with Gasteiger partial charge >= 0.3 is 6.01 Å². The van der Waals surface area contributed by atoms with E-state index >= 15 is 0 Å². The first-order valence-corrected chi connectivity index (χ1v) is 8.39. The normalized spacial score (nSPS) is 10.6. The highest BCUT2D eigenvalue weighted by Crippen LogP contribution is 2.31. The lowest BCUT2D eigenvalue weighted by molar-refractivity contribution is 0.349. The number of ether oxygens (including phenoxy) is 2. The van der Waals surface area contributed by atoms with Crippen LogP contribution in [0.15, 0.2) is 41.2 Å². The molecule has 3 rings (SSSR count). The van der Waals surface area contributed by atoms with Gasteiger partial charge in [-0.15, -0.1) is 0 Å². The van der Waals surface area contributed by atoms with E-state index in [2.05, 4.69) is 15.6 Å². The minimum absolute atomic E-state index is 0.102. The maximum Gasteiger partial charge on any atom is 0.311 e. The first-order chi connectivity index (χ1) is 13.9. The zero-order chi connectivity index (χ0) is 21.1. The fourth-order valence-electron chi connectivity index (χ4n) is 2.64. The lowest BCUT2D eigenvalue weighted by atomic mass is 10.3. The van der Waals surface area contributed by atoms with E-state index in [0.717, 1.165) is 22.8 Å². The number of anilines is 2. The number of methoxy groups -OCH3 is 1. The van der Waals surface area contributed by atoms with E-state index in [-0.39, 0.29) is 29.0 Å². The van der Waals surface area contributed by atoms with Crippen molar-refractivity contribution < 1.29 is 22.6 Å². The molecule has 10 heteroatoms. The molecule has 0 amide bonds. The average Bonchev–Trinajstić information content (AvgIpc) is 2.72. The number of halogens is 3. The van der Waals surface area contributed by atoms with E-state index in [9.17, 15) is 18.0 Å². The standard InChI is InChI=1S/C19H17F3N4O3/c1-23-16-17(24-2)25-19(26(18(16)27)11-6-4-10(20)5-7-11)29-13-9-8-12(28-3)14(21)15(13)22/h4-9,23-24H,1-3H3. The first-order valence-electron chi connectivity index (χ1n) is 8.39. The van der Waals surface area contributed by atoms with Gasteiger partial charge in [0, 0.05) is 14.1 Å². The van der Waals surface area contributed by atoms with Gasteiger partial charge in [-0.2, -0.15) is 13.8 Å². The molecule has 0 saturated heterocycles. The van der Waals surface area contributed by atoms with Gasteiger partial charge in [0.1, 0.15) is 11.5 Å². The van der Waals surface area contributed by atoms with Crippen molar-refractivity contribution in [1.82, 2.24) is 9.55 Å². The summed E-state index contributed by atoms with van der Waals surface area (Å²) in [4.78, 5) is 17.2. The van der Waals surface area contributed by atoms with E-state index in [4.69, 9.17) is 9.47 Å². The Morgan fingerprint density at radius 1 is 0.931 bits per heavy atom. The minimum atomic E-state index is -1.31. The van der Waals surface area contributed by atoms with Crippen molar-refractivity contribution in [2.24, 2.45) is 0 Å². The van der Waals surface area contributed by atoms with Crippen LogP contribution in [0, 0.1) is 17.5 Å². The third kappa shape index (κ3) is 3.68. The zero-order valence-electron chi connectivity index (χ0n) is 15.7. The highest BCUT2D eigenvalue weighted by atomic mass is 19.2. The molecule has 2 N–H and O–H groups in total. The molecule has 0 aliphatic heterocycles. The van der Waals surface area contributed by atoms with Gasteiger partial charge in [0.25, 0.3) is 5.56 Å². The molecule has 0 aliphatic carbocycles. The topological polar surface area (TPSA) is 77.4 Å². The summed E-state index contributed by atoms with van der Waals surface area (Å²) in [5.74, 6) is -3.76. The minimum Gasteiger partial charge on any atom is -0.494 e. The second-order valence-electron chi connectivity index (χ2n) is 5.73. The Balaban J connectivity index is 2.22. The van der Waals surface area contributed by atoms with Crippen LogP contribution in [0.4, 0.5) is 24.7 Å². The van der Waals surface area contributed by atoms with E-state index in [0.29, 0.717) is 0 Å². The molecule has 0 unspecified atom stereocenters. The number of hydrogen-bond donors (Lipinski definition) is 2. The summed E-state index contributed by atoms with van der Waals surface area (Å²) in [7, 11) is 4.25. The molecule has 0 saturated carbocycles. The van der Waals surface area contributed by atoms with Gasteiger partial charge in [-0.3, -0.25) is 4.79 Å². The Morgan fingerprint density at radius 2 is 1.55 bits per heavy atom.